The quantitative estimate of drug-likeness (QED) is 0.852. The molecule has 1 fully saturated rings. The molecule has 0 bridgehead atoms. The van der Waals surface area contributed by atoms with Crippen LogP contribution in [0.15, 0.2) is 10.6 Å². The topological polar surface area (TPSA) is 84.7 Å². The predicted molar refractivity (Wildman–Crippen MR) is 89.6 cm³/mol. The van der Waals surface area contributed by atoms with Gasteiger partial charge in [0.05, 0.1) is 23.3 Å². The van der Waals surface area contributed by atoms with E-state index in [9.17, 15) is 9.59 Å². The maximum atomic E-state index is 15.1. The number of aromatic nitrogens is 1. The Bertz CT molecular complexity index is 810. The standard InChI is InChI=1S/C17H20FN3O4/c1-4-19-17(23)14-12-5-11(8-22)15(13(18)16(12)25-20-14)21-6-9(2)24-10(3)7-21/h5,8-10H,4,6-7H2,1-3H3,(H,19,23)/t9-,10+. The smallest absolute Gasteiger partial charge is 0.274 e. The number of amides is 1. The Morgan fingerprint density at radius 3 is 2.72 bits per heavy atom. The van der Waals surface area contributed by atoms with Crippen LogP contribution in [0.25, 0.3) is 11.0 Å². The van der Waals surface area contributed by atoms with Gasteiger partial charge in [0.15, 0.2) is 17.8 Å². The molecule has 1 saturated heterocycles. The number of ether oxygens (including phenoxy) is 1. The maximum absolute atomic E-state index is 15.1. The van der Waals surface area contributed by atoms with Gasteiger partial charge >= 0.3 is 0 Å². The molecule has 2 aromatic rings. The third kappa shape index (κ3) is 3.09. The highest BCUT2D eigenvalue weighted by Crippen LogP contribution is 2.34. The molecular formula is C17H20FN3O4. The summed E-state index contributed by atoms with van der Waals surface area (Å²) in [6.45, 7) is 6.84. The summed E-state index contributed by atoms with van der Waals surface area (Å²) in [6, 6.07) is 1.45. The summed E-state index contributed by atoms with van der Waals surface area (Å²) < 4.78 is 25.8. The van der Waals surface area contributed by atoms with E-state index in [-0.39, 0.29) is 40.1 Å². The van der Waals surface area contributed by atoms with Crippen LogP contribution in [0.2, 0.25) is 0 Å². The van der Waals surface area contributed by atoms with Crippen LogP contribution in [0.3, 0.4) is 0 Å². The van der Waals surface area contributed by atoms with E-state index in [2.05, 4.69) is 10.5 Å². The van der Waals surface area contributed by atoms with E-state index >= 15 is 4.39 Å². The van der Waals surface area contributed by atoms with Crippen molar-refractivity contribution < 1.29 is 23.2 Å². The van der Waals surface area contributed by atoms with Crippen molar-refractivity contribution in [2.45, 2.75) is 33.0 Å². The van der Waals surface area contributed by atoms with Crippen LogP contribution in [0.5, 0.6) is 0 Å². The number of anilines is 1. The van der Waals surface area contributed by atoms with Crippen molar-refractivity contribution in [1.82, 2.24) is 10.5 Å². The molecule has 1 aromatic heterocycles. The van der Waals surface area contributed by atoms with Crippen LogP contribution >= 0.6 is 0 Å². The second kappa shape index (κ2) is 6.79. The van der Waals surface area contributed by atoms with Crippen LogP contribution in [0, 0.1) is 5.82 Å². The van der Waals surface area contributed by atoms with E-state index in [1.54, 1.807) is 11.8 Å². The summed E-state index contributed by atoms with van der Waals surface area (Å²) in [5, 5.41) is 6.45. The molecule has 7 nitrogen and oxygen atoms in total. The third-order valence-corrected chi connectivity index (χ3v) is 4.12. The molecule has 1 amide bonds. The van der Waals surface area contributed by atoms with Gasteiger partial charge in [-0.25, -0.2) is 4.39 Å². The summed E-state index contributed by atoms with van der Waals surface area (Å²) in [7, 11) is 0. The molecule has 0 saturated carbocycles. The summed E-state index contributed by atoms with van der Waals surface area (Å²) in [5.41, 5.74) is 0.144. The lowest BCUT2D eigenvalue weighted by atomic mass is 10.1. The molecular weight excluding hydrogens is 329 g/mol. The Balaban J connectivity index is 2.12. The van der Waals surface area contributed by atoms with Gasteiger partial charge in [-0.15, -0.1) is 0 Å². The largest absolute Gasteiger partial charge is 0.372 e. The molecule has 0 radical (unpaired) electrons. The SMILES string of the molecule is CCNC(=O)c1noc2c(F)c(N3C[C@@H](C)O[C@@H](C)C3)c(C=O)cc12. The van der Waals surface area contributed by atoms with Crippen molar-refractivity contribution in [3.63, 3.8) is 0 Å². The molecule has 1 aliphatic heterocycles. The van der Waals surface area contributed by atoms with Gasteiger partial charge in [-0.05, 0) is 26.8 Å². The van der Waals surface area contributed by atoms with Crippen molar-refractivity contribution in [1.29, 1.82) is 0 Å². The Hall–Kier alpha value is -2.48. The third-order valence-electron chi connectivity index (χ3n) is 4.12. The fourth-order valence-corrected chi connectivity index (χ4v) is 3.23. The zero-order valence-corrected chi connectivity index (χ0v) is 14.3. The number of nitrogens with zero attached hydrogens (tertiary/aromatic N) is 2. The predicted octanol–water partition coefficient (Wildman–Crippen LogP) is 2.14. The van der Waals surface area contributed by atoms with E-state index in [4.69, 9.17) is 9.26 Å². The minimum Gasteiger partial charge on any atom is -0.372 e. The lowest BCUT2D eigenvalue weighted by Gasteiger charge is -2.37. The molecule has 0 spiro atoms. The lowest BCUT2D eigenvalue weighted by Crippen LogP contribution is -2.46. The summed E-state index contributed by atoms with van der Waals surface area (Å²) >= 11 is 0. The zero-order valence-electron chi connectivity index (χ0n) is 14.3. The van der Waals surface area contributed by atoms with Crippen molar-refractivity contribution in [3.05, 3.63) is 23.1 Å². The number of hydrogen-bond donors (Lipinski definition) is 1. The zero-order chi connectivity index (χ0) is 18.1. The number of aldehydes is 1. The molecule has 134 valence electrons. The summed E-state index contributed by atoms with van der Waals surface area (Å²) in [6.07, 6.45) is 0.384. The van der Waals surface area contributed by atoms with Crippen LogP contribution < -0.4 is 10.2 Å². The number of halogens is 1. The van der Waals surface area contributed by atoms with E-state index in [0.717, 1.165) is 0 Å². The monoisotopic (exact) mass is 349 g/mol. The first-order valence-corrected chi connectivity index (χ1v) is 8.21. The Labute approximate surface area is 144 Å². The first kappa shape index (κ1) is 17.3. The Kier molecular flexibility index (Phi) is 4.71. The molecule has 25 heavy (non-hydrogen) atoms. The minimum absolute atomic E-state index is 0.0332. The molecule has 1 aromatic carbocycles. The molecule has 0 unspecified atom stereocenters. The van der Waals surface area contributed by atoms with E-state index < -0.39 is 11.7 Å². The molecule has 2 atom stereocenters. The van der Waals surface area contributed by atoms with Crippen molar-refractivity contribution in [3.8, 4) is 0 Å². The van der Waals surface area contributed by atoms with Crippen LogP contribution in [0.4, 0.5) is 10.1 Å². The number of carbonyl (C=O) groups excluding carboxylic acids is 2. The van der Waals surface area contributed by atoms with Crippen molar-refractivity contribution in [2.75, 3.05) is 24.5 Å². The van der Waals surface area contributed by atoms with Gasteiger partial charge in [-0.1, -0.05) is 5.16 Å². The van der Waals surface area contributed by atoms with Gasteiger partial charge < -0.3 is 19.5 Å². The summed E-state index contributed by atoms with van der Waals surface area (Å²) in [5.74, 6) is -1.16. The first-order chi connectivity index (χ1) is 12.0. The van der Waals surface area contributed by atoms with Gasteiger partial charge in [-0.2, -0.15) is 0 Å². The average molecular weight is 349 g/mol. The van der Waals surface area contributed by atoms with Crippen molar-refractivity contribution >= 4 is 28.8 Å². The molecule has 3 rings (SSSR count). The number of nitrogens with one attached hydrogen (secondary N) is 1. The second-order valence-corrected chi connectivity index (χ2v) is 6.18. The number of benzene rings is 1. The van der Waals surface area contributed by atoms with Crippen molar-refractivity contribution in [2.24, 2.45) is 0 Å². The maximum Gasteiger partial charge on any atom is 0.274 e. The van der Waals surface area contributed by atoms with Gasteiger partial charge in [0.25, 0.3) is 5.91 Å². The van der Waals surface area contributed by atoms with Gasteiger partial charge in [-0.3, -0.25) is 9.59 Å². The highest BCUT2D eigenvalue weighted by molar-refractivity contribution is 6.06. The van der Waals surface area contributed by atoms with E-state index in [0.29, 0.717) is 25.9 Å². The molecule has 8 heteroatoms. The fraction of sp³-hybridized carbons (Fsp3) is 0.471. The number of morpholine rings is 1. The number of fused-ring (bicyclic) bond motifs is 1. The number of hydrogen-bond acceptors (Lipinski definition) is 6. The first-order valence-electron chi connectivity index (χ1n) is 8.21. The Morgan fingerprint density at radius 2 is 2.12 bits per heavy atom. The highest BCUT2D eigenvalue weighted by Gasteiger charge is 2.30. The average Bonchev–Trinajstić information content (AvgIpc) is 2.98. The van der Waals surface area contributed by atoms with E-state index in [1.165, 1.54) is 6.07 Å². The molecule has 1 N–H and O–H groups in total. The van der Waals surface area contributed by atoms with Crippen LogP contribution in [-0.2, 0) is 4.74 Å². The lowest BCUT2D eigenvalue weighted by molar-refractivity contribution is -0.00543. The Morgan fingerprint density at radius 1 is 1.44 bits per heavy atom. The number of carbonyl (C=O) groups is 2. The molecule has 1 aliphatic rings. The van der Waals surface area contributed by atoms with Gasteiger partial charge in [0, 0.05) is 25.2 Å². The number of rotatable bonds is 4. The van der Waals surface area contributed by atoms with Crippen LogP contribution in [-0.4, -0.2) is 49.2 Å². The van der Waals surface area contributed by atoms with E-state index in [1.807, 2.05) is 13.8 Å². The normalized spacial score (nSPS) is 20.7. The highest BCUT2D eigenvalue weighted by atomic mass is 19.1. The molecule has 2 heterocycles. The van der Waals surface area contributed by atoms with Crippen LogP contribution in [0.1, 0.15) is 41.6 Å². The molecule has 0 aliphatic carbocycles. The van der Waals surface area contributed by atoms with Gasteiger partial charge in [0.2, 0.25) is 5.58 Å². The van der Waals surface area contributed by atoms with Gasteiger partial charge in [0.1, 0.15) is 0 Å². The summed E-state index contributed by atoms with van der Waals surface area (Å²) in [4.78, 5) is 25.4. The second-order valence-electron chi connectivity index (χ2n) is 6.18. The fourth-order valence-electron chi connectivity index (χ4n) is 3.23. The minimum atomic E-state index is -0.691.